The molecule has 0 spiro atoms. The Labute approximate surface area is 83.9 Å². The Morgan fingerprint density at radius 3 is 2.71 bits per heavy atom. The summed E-state index contributed by atoms with van der Waals surface area (Å²) in [7, 11) is 2.57. The summed E-state index contributed by atoms with van der Waals surface area (Å²) < 4.78 is 22.6. The van der Waals surface area contributed by atoms with Crippen molar-refractivity contribution in [3.63, 3.8) is 0 Å². The fourth-order valence-electron chi connectivity index (χ4n) is 0.934. The maximum atomic E-state index is 10.7. The van der Waals surface area contributed by atoms with Crippen LogP contribution in [-0.4, -0.2) is 23.1 Å². The molecule has 1 aromatic rings. The van der Waals surface area contributed by atoms with Gasteiger partial charge in [0.05, 0.1) is 4.92 Å². The van der Waals surface area contributed by atoms with Crippen molar-refractivity contribution in [1.82, 2.24) is 9.78 Å². The molecule has 0 aromatic carbocycles. The molecule has 0 saturated heterocycles. The summed E-state index contributed by atoms with van der Waals surface area (Å²) in [5.74, 6) is -0.610. The summed E-state index contributed by atoms with van der Waals surface area (Å²) >= 11 is 0. The quantitative estimate of drug-likeness (QED) is 0.432. The summed E-state index contributed by atoms with van der Waals surface area (Å²) in [5, 5.41) is 14.0. The van der Waals surface area contributed by atoms with Gasteiger partial charge in [0.15, 0.2) is 0 Å². The zero-order valence-electron chi connectivity index (χ0n) is 7.05. The Morgan fingerprint density at radius 2 is 2.29 bits per heavy atom. The third-order valence-corrected chi connectivity index (χ3v) is 2.49. The monoisotopic (exact) mass is 239 g/mol. The maximum absolute atomic E-state index is 10.7. The second kappa shape index (κ2) is 3.54. The highest BCUT2D eigenvalue weighted by Gasteiger charge is 2.23. The molecule has 0 bridgehead atoms. The van der Waals surface area contributed by atoms with E-state index >= 15 is 0 Å². The Bertz CT molecular complexity index is 465. The summed E-state index contributed by atoms with van der Waals surface area (Å²) in [6.45, 7) is 0. The van der Waals surface area contributed by atoms with Crippen molar-refractivity contribution in [1.29, 1.82) is 0 Å². The van der Waals surface area contributed by atoms with E-state index in [0.29, 0.717) is 0 Å². The normalized spacial score (nSPS) is 11.6. The number of aryl methyl sites for hydroxylation is 1. The lowest BCUT2D eigenvalue weighted by atomic mass is 10.4. The Balaban J connectivity index is 3.19. The van der Waals surface area contributed by atoms with Crippen molar-refractivity contribution < 1.29 is 13.3 Å². The van der Waals surface area contributed by atoms with Gasteiger partial charge in [0.1, 0.15) is 17.6 Å². The van der Waals surface area contributed by atoms with Crippen molar-refractivity contribution in [2.75, 3.05) is 0 Å². The highest BCUT2D eigenvalue weighted by atomic mass is 35.7. The molecule has 0 atom stereocenters. The predicted molar refractivity (Wildman–Crippen MR) is 48.3 cm³/mol. The van der Waals surface area contributed by atoms with Gasteiger partial charge in [0.25, 0.3) is 0 Å². The van der Waals surface area contributed by atoms with Crippen LogP contribution in [0.25, 0.3) is 0 Å². The van der Waals surface area contributed by atoms with E-state index in [1.54, 1.807) is 0 Å². The standard InChI is InChI=1S/C5H6ClN3O4S/c1-8-5(3-14(6,12)13)4(2-7-8)9(10)11/h2H,3H2,1H3. The van der Waals surface area contributed by atoms with Gasteiger partial charge in [-0.25, -0.2) is 8.42 Å². The molecule has 1 rings (SSSR count). The number of nitro groups is 1. The zero-order chi connectivity index (χ0) is 10.9. The third kappa shape index (κ3) is 2.42. The van der Waals surface area contributed by atoms with Crippen LogP contribution in [0.2, 0.25) is 0 Å². The molecule has 1 aromatic heterocycles. The summed E-state index contributed by atoms with van der Waals surface area (Å²) in [4.78, 5) is 9.73. The number of hydrogen-bond donors (Lipinski definition) is 0. The molecule has 78 valence electrons. The summed E-state index contributed by atoms with van der Waals surface area (Å²) in [6, 6.07) is 0. The van der Waals surface area contributed by atoms with Crippen LogP contribution in [0.5, 0.6) is 0 Å². The molecular formula is C5H6ClN3O4S. The van der Waals surface area contributed by atoms with E-state index in [4.69, 9.17) is 10.7 Å². The minimum atomic E-state index is -3.82. The first-order valence-electron chi connectivity index (χ1n) is 3.39. The van der Waals surface area contributed by atoms with Crippen LogP contribution in [0.3, 0.4) is 0 Å². The van der Waals surface area contributed by atoms with E-state index in [0.717, 1.165) is 10.9 Å². The van der Waals surface area contributed by atoms with Crippen LogP contribution in [0.4, 0.5) is 5.69 Å². The number of aromatic nitrogens is 2. The lowest BCUT2D eigenvalue weighted by Gasteiger charge is -1.97. The van der Waals surface area contributed by atoms with Crippen LogP contribution in [0.1, 0.15) is 5.69 Å². The molecular weight excluding hydrogens is 234 g/mol. The summed E-state index contributed by atoms with van der Waals surface area (Å²) in [5.41, 5.74) is -0.387. The molecule has 1 heterocycles. The number of rotatable bonds is 3. The molecule has 0 amide bonds. The van der Waals surface area contributed by atoms with E-state index in [1.165, 1.54) is 7.05 Å². The minimum Gasteiger partial charge on any atom is -0.264 e. The van der Waals surface area contributed by atoms with Crippen LogP contribution < -0.4 is 0 Å². The highest BCUT2D eigenvalue weighted by Crippen LogP contribution is 2.20. The van der Waals surface area contributed by atoms with Crippen LogP contribution in [-0.2, 0) is 21.9 Å². The van der Waals surface area contributed by atoms with E-state index in [-0.39, 0.29) is 11.4 Å². The lowest BCUT2D eigenvalue weighted by molar-refractivity contribution is -0.385. The van der Waals surface area contributed by atoms with Crippen molar-refractivity contribution >= 4 is 25.4 Å². The van der Waals surface area contributed by atoms with Crippen LogP contribution >= 0.6 is 10.7 Å². The Hall–Kier alpha value is -1.15. The van der Waals surface area contributed by atoms with Gasteiger partial charge in [0, 0.05) is 17.7 Å². The molecule has 9 heteroatoms. The second-order valence-corrected chi connectivity index (χ2v) is 5.32. The largest absolute Gasteiger partial charge is 0.311 e. The predicted octanol–water partition coefficient (Wildman–Crippen LogP) is 0.397. The molecule has 0 unspecified atom stereocenters. The first-order chi connectivity index (χ1) is 6.31. The van der Waals surface area contributed by atoms with Crippen molar-refractivity contribution in [3.05, 3.63) is 22.0 Å². The molecule has 0 radical (unpaired) electrons. The second-order valence-electron chi connectivity index (χ2n) is 2.54. The number of halogens is 1. The first-order valence-corrected chi connectivity index (χ1v) is 5.86. The van der Waals surface area contributed by atoms with Crippen LogP contribution in [0.15, 0.2) is 6.20 Å². The SMILES string of the molecule is Cn1ncc([N+](=O)[O-])c1CS(=O)(=O)Cl. The fourth-order valence-corrected chi connectivity index (χ4v) is 1.91. The Kier molecular flexibility index (Phi) is 2.76. The van der Waals surface area contributed by atoms with Crippen molar-refractivity contribution in [2.24, 2.45) is 7.05 Å². The van der Waals surface area contributed by atoms with Crippen molar-refractivity contribution in [3.8, 4) is 0 Å². The van der Waals surface area contributed by atoms with E-state index < -0.39 is 19.7 Å². The van der Waals surface area contributed by atoms with Crippen LogP contribution in [0, 0.1) is 10.1 Å². The van der Waals surface area contributed by atoms with E-state index in [2.05, 4.69) is 5.10 Å². The molecule has 0 aliphatic carbocycles. The lowest BCUT2D eigenvalue weighted by Crippen LogP contribution is -2.05. The zero-order valence-corrected chi connectivity index (χ0v) is 8.62. The Morgan fingerprint density at radius 1 is 1.71 bits per heavy atom. The molecule has 14 heavy (non-hydrogen) atoms. The van der Waals surface area contributed by atoms with Gasteiger partial charge < -0.3 is 0 Å². The fraction of sp³-hybridized carbons (Fsp3) is 0.400. The summed E-state index contributed by atoms with van der Waals surface area (Å²) in [6.07, 6.45) is 0.984. The average Bonchev–Trinajstić information content (AvgIpc) is 2.29. The highest BCUT2D eigenvalue weighted by molar-refractivity contribution is 8.13. The first kappa shape index (κ1) is 10.9. The van der Waals surface area contributed by atoms with Crippen molar-refractivity contribution in [2.45, 2.75) is 5.75 Å². The van der Waals surface area contributed by atoms with Gasteiger partial charge in [-0.3, -0.25) is 14.8 Å². The molecule has 0 aliphatic heterocycles. The van der Waals surface area contributed by atoms with Gasteiger partial charge in [-0.1, -0.05) is 0 Å². The molecule has 0 aliphatic rings. The van der Waals surface area contributed by atoms with Gasteiger partial charge in [0.2, 0.25) is 9.05 Å². The average molecular weight is 240 g/mol. The molecule has 0 fully saturated rings. The van der Waals surface area contributed by atoms with Gasteiger partial charge >= 0.3 is 5.69 Å². The maximum Gasteiger partial charge on any atom is 0.311 e. The van der Waals surface area contributed by atoms with Gasteiger partial charge in [-0.2, -0.15) is 5.10 Å². The van der Waals surface area contributed by atoms with E-state index in [1.807, 2.05) is 0 Å². The molecule has 0 saturated carbocycles. The number of nitrogens with zero attached hydrogens (tertiary/aromatic N) is 3. The van der Waals surface area contributed by atoms with Gasteiger partial charge in [-0.15, -0.1) is 0 Å². The minimum absolute atomic E-state index is 0.0370. The van der Waals surface area contributed by atoms with Gasteiger partial charge in [-0.05, 0) is 0 Å². The molecule has 7 nitrogen and oxygen atoms in total. The topological polar surface area (TPSA) is 95.1 Å². The van der Waals surface area contributed by atoms with E-state index in [9.17, 15) is 18.5 Å². The smallest absolute Gasteiger partial charge is 0.264 e. The third-order valence-electron chi connectivity index (χ3n) is 1.55. The molecule has 0 N–H and O–H groups in total. The number of hydrogen-bond acceptors (Lipinski definition) is 5.